The molecule has 1 amide bonds. The van der Waals surface area contributed by atoms with Crippen LogP contribution in [0.2, 0.25) is 0 Å². The van der Waals surface area contributed by atoms with Crippen molar-refractivity contribution >= 4 is 28.5 Å². The highest BCUT2D eigenvalue weighted by molar-refractivity contribution is 14.1. The number of amides is 1. The highest BCUT2D eigenvalue weighted by Crippen LogP contribution is 2.18. The summed E-state index contributed by atoms with van der Waals surface area (Å²) < 4.78 is 3.38. The monoisotopic (exact) mass is 502 g/mol. The molecule has 2 N–H and O–H groups in total. The number of aromatic nitrogens is 2. The van der Waals surface area contributed by atoms with E-state index in [0.29, 0.717) is 25.2 Å². The molecule has 0 radical (unpaired) electrons. The smallest absolute Gasteiger partial charge is 0.254 e. The molecule has 1 aromatic heterocycles. The third-order valence-corrected chi connectivity index (χ3v) is 5.85. The number of likely N-dealkylation sites (tertiary alicyclic amines) is 1. The molecule has 6 nitrogen and oxygen atoms in total. The predicted octanol–water partition coefficient (Wildman–Crippen LogP) is 3.25. The maximum Gasteiger partial charge on any atom is 0.254 e. The van der Waals surface area contributed by atoms with Crippen molar-refractivity contribution in [1.29, 1.82) is 0 Å². The molecular formula is C22H23IN4O2. The first kappa shape index (κ1) is 19.9. The van der Waals surface area contributed by atoms with Crippen LogP contribution in [0.1, 0.15) is 28.0 Å². The number of carbonyl (C=O) groups is 1. The Morgan fingerprint density at radius 3 is 2.93 bits per heavy atom. The molecule has 0 spiro atoms. The number of phenolic OH excluding ortho intramolecular Hbond substituents is 1. The number of imidazole rings is 1. The maximum absolute atomic E-state index is 12.6. The van der Waals surface area contributed by atoms with Crippen molar-refractivity contribution in [1.82, 2.24) is 19.8 Å². The molecule has 1 aliphatic heterocycles. The highest BCUT2D eigenvalue weighted by atomic mass is 127. The van der Waals surface area contributed by atoms with Gasteiger partial charge in [-0.15, -0.1) is 0 Å². The van der Waals surface area contributed by atoms with Gasteiger partial charge < -0.3 is 19.9 Å². The van der Waals surface area contributed by atoms with E-state index in [2.05, 4.69) is 61.7 Å². The van der Waals surface area contributed by atoms with E-state index in [1.165, 1.54) is 15.2 Å². The van der Waals surface area contributed by atoms with Gasteiger partial charge in [-0.1, -0.05) is 18.2 Å². The summed E-state index contributed by atoms with van der Waals surface area (Å²) in [6.45, 7) is 2.89. The molecule has 1 unspecified atom stereocenters. The van der Waals surface area contributed by atoms with Gasteiger partial charge in [-0.2, -0.15) is 0 Å². The van der Waals surface area contributed by atoms with Crippen molar-refractivity contribution in [3.8, 4) is 5.75 Å². The summed E-state index contributed by atoms with van der Waals surface area (Å²) in [5, 5.41) is 13.2. The van der Waals surface area contributed by atoms with Gasteiger partial charge in [0.2, 0.25) is 0 Å². The van der Waals surface area contributed by atoms with E-state index in [1.807, 2.05) is 17.4 Å². The largest absolute Gasteiger partial charge is 0.508 e. The average molecular weight is 502 g/mol. The Balaban J connectivity index is 1.33. The molecule has 3 aromatic rings. The lowest BCUT2D eigenvalue weighted by Crippen LogP contribution is -2.35. The van der Waals surface area contributed by atoms with Crippen LogP contribution in [0.15, 0.2) is 61.1 Å². The van der Waals surface area contributed by atoms with Crippen LogP contribution < -0.4 is 5.32 Å². The number of nitrogens with zero attached hydrogens (tertiary/aromatic N) is 3. The van der Waals surface area contributed by atoms with E-state index < -0.39 is 0 Å². The van der Waals surface area contributed by atoms with Crippen LogP contribution in [0, 0.1) is 3.57 Å². The molecule has 2 aromatic carbocycles. The molecule has 0 bridgehead atoms. The van der Waals surface area contributed by atoms with Crippen LogP contribution in [-0.2, 0) is 13.1 Å². The van der Waals surface area contributed by atoms with E-state index in [-0.39, 0.29) is 17.7 Å². The first-order valence-corrected chi connectivity index (χ1v) is 10.7. The number of carbonyl (C=O) groups excluding carboxylic acids is 1. The van der Waals surface area contributed by atoms with Crippen LogP contribution in [0.5, 0.6) is 5.75 Å². The second-order valence-corrected chi connectivity index (χ2v) is 8.56. The lowest BCUT2D eigenvalue weighted by Gasteiger charge is -2.18. The van der Waals surface area contributed by atoms with Gasteiger partial charge in [0.15, 0.2) is 0 Å². The minimum atomic E-state index is -0.0334. The Morgan fingerprint density at radius 2 is 2.10 bits per heavy atom. The van der Waals surface area contributed by atoms with Crippen LogP contribution in [0.4, 0.5) is 0 Å². The Morgan fingerprint density at radius 1 is 1.24 bits per heavy atom. The molecule has 1 atom stereocenters. The van der Waals surface area contributed by atoms with Crippen molar-refractivity contribution < 1.29 is 9.90 Å². The van der Waals surface area contributed by atoms with Gasteiger partial charge in [-0.25, -0.2) is 4.98 Å². The molecule has 150 valence electrons. The van der Waals surface area contributed by atoms with Crippen LogP contribution in [0.3, 0.4) is 0 Å². The summed E-state index contributed by atoms with van der Waals surface area (Å²) in [6.07, 6.45) is 4.67. The topological polar surface area (TPSA) is 70.4 Å². The second kappa shape index (κ2) is 8.96. The van der Waals surface area contributed by atoms with Gasteiger partial charge in [0, 0.05) is 47.6 Å². The molecule has 1 aliphatic rings. The summed E-state index contributed by atoms with van der Waals surface area (Å²) in [6, 6.07) is 15.2. The van der Waals surface area contributed by atoms with Crippen molar-refractivity contribution in [2.45, 2.75) is 25.6 Å². The zero-order chi connectivity index (χ0) is 20.2. The van der Waals surface area contributed by atoms with Gasteiger partial charge >= 0.3 is 0 Å². The molecule has 0 saturated carbocycles. The molecule has 0 aliphatic carbocycles. The van der Waals surface area contributed by atoms with E-state index >= 15 is 0 Å². The van der Waals surface area contributed by atoms with Crippen LogP contribution in [-0.4, -0.2) is 44.6 Å². The Hall–Kier alpha value is -2.39. The fourth-order valence-electron chi connectivity index (χ4n) is 3.65. The van der Waals surface area contributed by atoms with Gasteiger partial charge in [-0.3, -0.25) is 4.79 Å². The predicted molar refractivity (Wildman–Crippen MR) is 120 cm³/mol. The molecule has 2 heterocycles. The van der Waals surface area contributed by atoms with Gasteiger partial charge in [0.1, 0.15) is 5.75 Å². The SMILES string of the molecule is O=C(c1cccc(O)c1)N1CCC(NCc2cncn2Cc2cccc(I)c2)C1. The molecular weight excluding hydrogens is 479 g/mol. The van der Waals surface area contributed by atoms with E-state index in [9.17, 15) is 9.90 Å². The summed E-state index contributed by atoms with van der Waals surface area (Å²) in [4.78, 5) is 18.8. The fourth-order valence-corrected chi connectivity index (χ4v) is 4.26. The molecule has 1 saturated heterocycles. The zero-order valence-electron chi connectivity index (χ0n) is 16.0. The van der Waals surface area contributed by atoms with Crippen molar-refractivity contribution in [2.75, 3.05) is 13.1 Å². The normalized spacial score (nSPS) is 16.3. The minimum absolute atomic E-state index is 0.0334. The summed E-state index contributed by atoms with van der Waals surface area (Å²) in [5.41, 5.74) is 2.91. The van der Waals surface area contributed by atoms with Crippen LogP contribution >= 0.6 is 22.6 Å². The molecule has 1 fully saturated rings. The summed E-state index contributed by atoms with van der Waals surface area (Å²) >= 11 is 2.33. The number of aromatic hydroxyl groups is 1. The third kappa shape index (κ3) is 4.97. The van der Waals surface area contributed by atoms with Crippen molar-refractivity contribution in [3.63, 3.8) is 0 Å². The number of phenols is 1. The quantitative estimate of drug-likeness (QED) is 0.508. The lowest BCUT2D eigenvalue weighted by molar-refractivity contribution is 0.0789. The van der Waals surface area contributed by atoms with Crippen molar-refractivity contribution in [2.24, 2.45) is 0 Å². The van der Waals surface area contributed by atoms with E-state index in [4.69, 9.17) is 0 Å². The van der Waals surface area contributed by atoms with Gasteiger partial charge in [-0.05, 0) is 64.9 Å². The molecule has 7 heteroatoms. The second-order valence-electron chi connectivity index (χ2n) is 7.31. The number of rotatable bonds is 6. The van der Waals surface area contributed by atoms with Crippen molar-refractivity contribution in [3.05, 3.63) is 81.4 Å². The summed E-state index contributed by atoms with van der Waals surface area (Å²) in [5.74, 6) is 0.0833. The Bertz CT molecular complexity index is 1000. The highest BCUT2D eigenvalue weighted by Gasteiger charge is 2.27. The standard InChI is InChI=1S/C22H23IN4O2/c23-18-5-1-3-16(9-18)13-27-15-24-11-20(27)12-25-19-7-8-26(14-19)22(29)17-4-2-6-21(28)10-17/h1-6,9-11,15,19,25,28H,7-8,12-14H2. The van der Waals surface area contributed by atoms with Crippen LogP contribution in [0.25, 0.3) is 0 Å². The number of nitrogens with one attached hydrogen (secondary N) is 1. The first-order valence-electron chi connectivity index (χ1n) is 9.63. The number of hydrogen-bond donors (Lipinski definition) is 2. The number of benzene rings is 2. The first-order chi connectivity index (χ1) is 14.1. The minimum Gasteiger partial charge on any atom is -0.508 e. The zero-order valence-corrected chi connectivity index (χ0v) is 18.1. The van der Waals surface area contributed by atoms with E-state index in [1.54, 1.807) is 18.2 Å². The maximum atomic E-state index is 12.6. The lowest BCUT2D eigenvalue weighted by atomic mass is 10.2. The molecule has 29 heavy (non-hydrogen) atoms. The number of halogens is 1. The van der Waals surface area contributed by atoms with Gasteiger partial charge in [0.05, 0.1) is 12.0 Å². The fraction of sp³-hybridized carbons (Fsp3) is 0.273. The Labute approximate surface area is 183 Å². The Kier molecular flexibility index (Phi) is 6.15. The average Bonchev–Trinajstić information content (AvgIpc) is 3.35. The third-order valence-electron chi connectivity index (χ3n) is 5.18. The number of hydrogen-bond acceptors (Lipinski definition) is 4. The summed E-state index contributed by atoms with van der Waals surface area (Å²) in [7, 11) is 0. The molecule has 4 rings (SSSR count). The van der Waals surface area contributed by atoms with E-state index in [0.717, 1.165) is 18.7 Å². The van der Waals surface area contributed by atoms with Gasteiger partial charge in [0.25, 0.3) is 5.91 Å².